The zero-order chi connectivity index (χ0) is 13.7. The molecule has 3 nitrogen and oxygen atoms in total. The molecule has 0 aromatic heterocycles. The predicted molar refractivity (Wildman–Crippen MR) is 81.0 cm³/mol. The number of benzene rings is 1. The Morgan fingerprint density at radius 1 is 1.42 bits per heavy atom. The zero-order valence-electron chi connectivity index (χ0n) is 11.6. The van der Waals surface area contributed by atoms with Crippen molar-refractivity contribution in [2.24, 2.45) is 0 Å². The summed E-state index contributed by atoms with van der Waals surface area (Å²) in [6, 6.07) is 6.59. The van der Waals surface area contributed by atoms with E-state index in [1.165, 1.54) is 12.8 Å². The summed E-state index contributed by atoms with van der Waals surface area (Å²) in [6.45, 7) is 3.22. The summed E-state index contributed by atoms with van der Waals surface area (Å²) in [7, 11) is 1.66. The first-order valence-corrected chi connectivity index (χ1v) is 7.72. The largest absolute Gasteiger partial charge is 0.497 e. The second kappa shape index (κ2) is 7.15. The highest BCUT2D eigenvalue weighted by atomic mass is 79.9. The van der Waals surface area contributed by atoms with E-state index >= 15 is 0 Å². The van der Waals surface area contributed by atoms with Gasteiger partial charge in [0.1, 0.15) is 11.5 Å². The van der Waals surface area contributed by atoms with Gasteiger partial charge in [-0.3, -0.25) is 0 Å². The van der Waals surface area contributed by atoms with E-state index in [1.54, 1.807) is 7.11 Å². The molecule has 0 saturated heterocycles. The lowest BCUT2D eigenvalue weighted by Gasteiger charge is -2.16. The Labute approximate surface area is 123 Å². The van der Waals surface area contributed by atoms with Gasteiger partial charge in [-0.25, -0.2) is 0 Å². The molecule has 106 valence electrons. The fraction of sp³-hybridized carbons (Fsp3) is 0.600. The molecule has 0 bridgehead atoms. The number of hydrogen-bond acceptors (Lipinski definition) is 3. The van der Waals surface area contributed by atoms with E-state index < -0.39 is 0 Å². The van der Waals surface area contributed by atoms with Gasteiger partial charge in [-0.2, -0.15) is 0 Å². The summed E-state index contributed by atoms with van der Waals surface area (Å²) in [6.07, 6.45) is 5.16. The van der Waals surface area contributed by atoms with Crippen LogP contribution >= 0.6 is 15.9 Å². The lowest BCUT2D eigenvalue weighted by Crippen LogP contribution is -2.20. The van der Waals surface area contributed by atoms with Gasteiger partial charge in [0, 0.05) is 6.04 Å². The molecule has 1 saturated carbocycles. The third-order valence-electron chi connectivity index (χ3n) is 3.26. The van der Waals surface area contributed by atoms with Crippen LogP contribution in [0.3, 0.4) is 0 Å². The first-order valence-electron chi connectivity index (χ1n) is 6.92. The predicted octanol–water partition coefficient (Wildman–Crippen LogP) is 3.76. The van der Waals surface area contributed by atoms with Crippen molar-refractivity contribution in [1.82, 2.24) is 5.32 Å². The van der Waals surface area contributed by atoms with Crippen LogP contribution in [0.2, 0.25) is 0 Å². The maximum absolute atomic E-state index is 5.94. The molecule has 1 fully saturated rings. The molecule has 1 atom stereocenters. The summed E-state index contributed by atoms with van der Waals surface area (Å²) in [5.74, 6) is 1.71. The average Bonchev–Trinajstić information content (AvgIpc) is 3.21. The van der Waals surface area contributed by atoms with Crippen LogP contribution in [0.5, 0.6) is 11.5 Å². The first kappa shape index (κ1) is 14.7. The Kier molecular flexibility index (Phi) is 5.52. The van der Waals surface area contributed by atoms with E-state index in [4.69, 9.17) is 9.47 Å². The van der Waals surface area contributed by atoms with Crippen molar-refractivity contribution in [1.29, 1.82) is 0 Å². The number of hydrogen-bond donors (Lipinski definition) is 1. The topological polar surface area (TPSA) is 30.5 Å². The number of halogens is 1. The Hall–Kier alpha value is -0.740. The summed E-state index contributed by atoms with van der Waals surface area (Å²) in [4.78, 5) is 0. The molecule has 1 N–H and O–H groups in total. The second-order valence-electron chi connectivity index (χ2n) is 5.10. The number of rotatable bonds is 8. The SMILES string of the molecule is COc1ccc(OC(C)CCCNC2CC2)c(Br)c1. The van der Waals surface area contributed by atoms with Crippen LogP contribution in [0, 0.1) is 0 Å². The van der Waals surface area contributed by atoms with Gasteiger partial charge in [-0.1, -0.05) is 0 Å². The third-order valence-corrected chi connectivity index (χ3v) is 3.88. The molecule has 0 radical (unpaired) electrons. The Morgan fingerprint density at radius 2 is 2.21 bits per heavy atom. The molecule has 19 heavy (non-hydrogen) atoms. The normalized spacial score (nSPS) is 16.2. The second-order valence-corrected chi connectivity index (χ2v) is 5.95. The van der Waals surface area contributed by atoms with E-state index in [1.807, 2.05) is 18.2 Å². The van der Waals surface area contributed by atoms with Crippen molar-refractivity contribution in [2.45, 2.75) is 44.8 Å². The average molecular weight is 328 g/mol. The van der Waals surface area contributed by atoms with Gasteiger partial charge in [0.25, 0.3) is 0 Å². The van der Waals surface area contributed by atoms with Crippen LogP contribution in [-0.2, 0) is 0 Å². The molecule has 0 aliphatic heterocycles. The van der Waals surface area contributed by atoms with Crippen LogP contribution in [0.15, 0.2) is 22.7 Å². The van der Waals surface area contributed by atoms with Crippen molar-refractivity contribution in [3.05, 3.63) is 22.7 Å². The Bertz CT molecular complexity index is 407. The van der Waals surface area contributed by atoms with Gasteiger partial charge < -0.3 is 14.8 Å². The molecular weight excluding hydrogens is 306 g/mol. The molecule has 1 aromatic rings. The van der Waals surface area contributed by atoms with Crippen LogP contribution in [0.4, 0.5) is 0 Å². The monoisotopic (exact) mass is 327 g/mol. The van der Waals surface area contributed by atoms with E-state index in [9.17, 15) is 0 Å². The Balaban J connectivity index is 1.72. The highest BCUT2D eigenvalue weighted by Gasteiger charge is 2.19. The lowest BCUT2D eigenvalue weighted by atomic mass is 10.2. The standard InChI is InChI=1S/C15H22BrNO2/c1-11(4-3-9-17-12-5-6-12)19-15-8-7-13(18-2)10-14(15)16/h7-8,10-12,17H,3-6,9H2,1-2H3. The number of nitrogens with one attached hydrogen (secondary N) is 1. The minimum atomic E-state index is 0.227. The van der Waals surface area contributed by atoms with Crippen molar-refractivity contribution in [2.75, 3.05) is 13.7 Å². The van der Waals surface area contributed by atoms with Gasteiger partial charge in [0.05, 0.1) is 17.7 Å². The highest BCUT2D eigenvalue weighted by molar-refractivity contribution is 9.10. The fourth-order valence-electron chi connectivity index (χ4n) is 1.96. The van der Waals surface area contributed by atoms with Crippen molar-refractivity contribution in [3.63, 3.8) is 0 Å². The van der Waals surface area contributed by atoms with E-state index in [2.05, 4.69) is 28.2 Å². The molecule has 0 heterocycles. The quantitative estimate of drug-likeness (QED) is 0.737. The third kappa shape index (κ3) is 5.03. The highest BCUT2D eigenvalue weighted by Crippen LogP contribution is 2.30. The molecule has 2 rings (SSSR count). The van der Waals surface area contributed by atoms with Gasteiger partial charge in [-0.15, -0.1) is 0 Å². The van der Waals surface area contributed by atoms with Crippen molar-refractivity contribution in [3.8, 4) is 11.5 Å². The molecule has 0 amide bonds. The summed E-state index contributed by atoms with van der Waals surface area (Å²) in [5.41, 5.74) is 0. The lowest BCUT2D eigenvalue weighted by molar-refractivity contribution is 0.206. The van der Waals surface area contributed by atoms with Crippen LogP contribution in [0.1, 0.15) is 32.6 Å². The van der Waals surface area contributed by atoms with Gasteiger partial charge >= 0.3 is 0 Å². The van der Waals surface area contributed by atoms with Crippen LogP contribution < -0.4 is 14.8 Å². The van der Waals surface area contributed by atoms with Gasteiger partial charge in [-0.05, 0) is 73.3 Å². The van der Waals surface area contributed by atoms with Crippen LogP contribution in [-0.4, -0.2) is 25.8 Å². The molecule has 1 aliphatic rings. The summed E-state index contributed by atoms with van der Waals surface area (Å²) in [5, 5.41) is 3.52. The van der Waals surface area contributed by atoms with Crippen molar-refractivity contribution < 1.29 is 9.47 Å². The van der Waals surface area contributed by atoms with Crippen LogP contribution in [0.25, 0.3) is 0 Å². The minimum absolute atomic E-state index is 0.227. The Morgan fingerprint density at radius 3 is 2.84 bits per heavy atom. The van der Waals surface area contributed by atoms with E-state index in [0.717, 1.165) is 41.4 Å². The summed E-state index contributed by atoms with van der Waals surface area (Å²) < 4.78 is 12.0. The van der Waals surface area contributed by atoms with Gasteiger partial charge in [0.15, 0.2) is 0 Å². The fourth-order valence-corrected chi connectivity index (χ4v) is 2.41. The maximum Gasteiger partial charge on any atom is 0.134 e. The molecule has 1 unspecified atom stereocenters. The zero-order valence-corrected chi connectivity index (χ0v) is 13.2. The molecular formula is C15H22BrNO2. The minimum Gasteiger partial charge on any atom is -0.497 e. The molecule has 4 heteroatoms. The van der Waals surface area contributed by atoms with Gasteiger partial charge in [0.2, 0.25) is 0 Å². The maximum atomic E-state index is 5.94. The number of methoxy groups -OCH3 is 1. The molecule has 1 aliphatic carbocycles. The smallest absolute Gasteiger partial charge is 0.134 e. The molecule has 1 aromatic carbocycles. The van der Waals surface area contributed by atoms with Crippen molar-refractivity contribution >= 4 is 15.9 Å². The summed E-state index contributed by atoms with van der Waals surface area (Å²) >= 11 is 3.51. The van der Waals surface area contributed by atoms with E-state index in [-0.39, 0.29) is 6.10 Å². The number of ether oxygens (including phenoxy) is 2. The molecule has 0 spiro atoms. The van der Waals surface area contributed by atoms with E-state index in [0.29, 0.717) is 0 Å². The first-order chi connectivity index (χ1) is 9.19.